The molecule has 4 nitrogen and oxygen atoms in total. The van der Waals surface area contributed by atoms with Gasteiger partial charge < -0.3 is 9.84 Å². The molecule has 4 heteroatoms. The molecule has 0 aliphatic heterocycles. The quantitative estimate of drug-likeness (QED) is 0.723. The molecule has 0 amide bonds. The van der Waals surface area contributed by atoms with Crippen LogP contribution in [0.15, 0.2) is 6.20 Å². The van der Waals surface area contributed by atoms with E-state index < -0.39 is 6.10 Å². The van der Waals surface area contributed by atoms with Crippen LogP contribution < -0.4 is 0 Å². The summed E-state index contributed by atoms with van der Waals surface area (Å²) in [5, 5.41) is 13.9. The van der Waals surface area contributed by atoms with E-state index in [-0.39, 0.29) is 0 Å². The first-order valence-corrected chi connectivity index (χ1v) is 4.82. The van der Waals surface area contributed by atoms with Gasteiger partial charge in [-0.05, 0) is 19.8 Å². The molecule has 1 atom stereocenters. The first-order chi connectivity index (χ1) is 6.66. The van der Waals surface area contributed by atoms with Gasteiger partial charge in [0.1, 0.15) is 0 Å². The zero-order valence-electron chi connectivity index (χ0n) is 9.03. The molecule has 1 N–H and O–H groups in total. The number of aliphatic hydroxyl groups is 1. The summed E-state index contributed by atoms with van der Waals surface area (Å²) in [5.41, 5.74) is 1.94. The van der Waals surface area contributed by atoms with E-state index in [2.05, 4.69) is 5.10 Å². The minimum absolute atomic E-state index is 0.418. The molecule has 0 aliphatic rings. The van der Waals surface area contributed by atoms with Crippen LogP contribution in [0.25, 0.3) is 0 Å². The minimum Gasteiger partial charge on any atom is -0.388 e. The molecule has 80 valence electrons. The summed E-state index contributed by atoms with van der Waals surface area (Å²) in [6.07, 6.45) is 2.90. The maximum atomic E-state index is 9.83. The van der Waals surface area contributed by atoms with Crippen molar-refractivity contribution in [2.75, 3.05) is 13.7 Å². The van der Waals surface area contributed by atoms with E-state index >= 15 is 0 Å². The lowest BCUT2D eigenvalue weighted by atomic mass is 10.1. The topological polar surface area (TPSA) is 47.3 Å². The molecular formula is C10H18N2O2. The Morgan fingerprint density at radius 1 is 1.64 bits per heavy atom. The van der Waals surface area contributed by atoms with Crippen LogP contribution in [-0.4, -0.2) is 28.6 Å². The van der Waals surface area contributed by atoms with Crippen LogP contribution in [0.4, 0.5) is 0 Å². The summed E-state index contributed by atoms with van der Waals surface area (Å²) in [4.78, 5) is 0. The molecule has 0 saturated carbocycles. The number of aliphatic hydroxyl groups excluding tert-OH is 1. The van der Waals surface area contributed by atoms with Crippen molar-refractivity contribution in [2.45, 2.75) is 25.9 Å². The summed E-state index contributed by atoms with van der Waals surface area (Å²) in [7, 11) is 3.54. The highest BCUT2D eigenvalue weighted by Gasteiger charge is 2.12. The number of aryl methyl sites for hydroxylation is 1. The van der Waals surface area contributed by atoms with Crippen molar-refractivity contribution in [3.8, 4) is 0 Å². The summed E-state index contributed by atoms with van der Waals surface area (Å²) in [5.74, 6) is 0. The predicted molar refractivity (Wildman–Crippen MR) is 54.0 cm³/mol. The molecule has 1 heterocycles. The fourth-order valence-electron chi connectivity index (χ4n) is 1.42. The van der Waals surface area contributed by atoms with Crippen molar-refractivity contribution in [1.82, 2.24) is 9.78 Å². The maximum absolute atomic E-state index is 9.83. The van der Waals surface area contributed by atoms with Gasteiger partial charge in [-0.15, -0.1) is 0 Å². The molecule has 0 saturated heterocycles. The van der Waals surface area contributed by atoms with Crippen LogP contribution in [0.1, 0.15) is 30.2 Å². The van der Waals surface area contributed by atoms with Gasteiger partial charge in [-0.3, -0.25) is 4.68 Å². The van der Waals surface area contributed by atoms with Gasteiger partial charge >= 0.3 is 0 Å². The van der Waals surface area contributed by atoms with Gasteiger partial charge in [0.2, 0.25) is 0 Å². The SMILES string of the molecule is COCCCC(O)c1cnn(C)c1C. The lowest BCUT2D eigenvalue weighted by Crippen LogP contribution is -2.02. The summed E-state index contributed by atoms with van der Waals surface area (Å²) >= 11 is 0. The maximum Gasteiger partial charge on any atom is 0.0824 e. The van der Waals surface area contributed by atoms with Crippen LogP contribution in [0, 0.1) is 6.92 Å². The lowest BCUT2D eigenvalue weighted by Gasteiger charge is -2.09. The number of ether oxygens (including phenoxy) is 1. The van der Waals surface area contributed by atoms with E-state index in [1.54, 1.807) is 18.0 Å². The zero-order valence-corrected chi connectivity index (χ0v) is 9.03. The van der Waals surface area contributed by atoms with Crippen LogP contribution in [-0.2, 0) is 11.8 Å². The highest BCUT2D eigenvalue weighted by molar-refractivity contribution is 5.18. The molecule has 0 aromatic carbocycles. The van der Waals surface area contributed by atoms with Crippen LogP contribution in [0.2, 0.25) is 0 Å². The monoisotopic (exact) mass is 198 g/mol. The molecular weight excluding hydrogens is 180 g/mol. The highest BCUT2D eigenvalue weighted by Crippen LogP contribution is 2.20. The van der Waals surface area contributed by atoms with E-state index in [4.69, 9.17) is 4.74 Å². The Morgan fingerprint density at radius 3 is 2.86 bits per heavy atom. The molecule has 0 fully saturated rings. The van der Waals surface area contributed by atoms with Gasteiger partial charge in [-0.25, -0.2) is 0 Å². The fraction of sp³-hybridized carbons (Fsp3) is 0.700. The lowest BCUT2D eigenvalue weighted by molar-refractivity contribution is 0.135. The Balaban J connectivity index is 2.52. The molecule has 1 aromatic heterocycles. The van der Waals surface area contributed by atoms with Gasteiger partial charge in [0.15, 0.2) is 0 Å². The number of hydrogen-bond acceptors (Lipinski definition) is 3. The first kappa shape index (κ1) is 11.2. The molecule has 14 heavy (non-hydrogen) atoms. The molecule has 0 radical (unpaired) electrons. The molecule has 0 spiro atoms. The van der Waals surface area contributed by atoms with Gasteiger partial charge in [0, 0.05) is 32.0 Å². The molecule has 1 rings (SSSR count). The van der Waals surface area contributed by atoms with Gasteiger partial charge in [0.25, 0.3) is 0 Å². The minimum atomic E-state index is -0.418. The number of aromatic nitrogens is 2. The Hall–Kier alpha value is -0.870. The highest BCUT2D eigenvalue weighted by atomic mass is 16.5. The summed E-state index contributed by atoms with van der Waals surface area (Å²) in [6, 6.07) is 0. The second-order valence-corrected chi connectivity index (χ2v) is 3.46. The van der Waals surface area contributed by atoms with E-state index in [0.29, 0.717) is 6.61 Å². The van der Waals surface area contributed by atoms with Crippen LogP contribution in [0.3, 0.4) is 0 Å². The van der Waals surface area contributed by atoms with Gasteiger partial charge in [-0.2, -0.15) is 5.10 Å². The van der Waals surface area contributed by atoms with E-state index in [9.17, 15) is 5.11 Å². The first-order valence-electron chi connectivity index (χ1n) is 4.82. The predicted octanol–water partition coefficient (Wildman–Crippen LogP) is 1.19. The Labute approximate surface area is 84.5 Å². The number of methoxy groups -OCH3 is 1. The molecule has 1 aromatic rings. The largest absolute Gasteiger partial charge is 0.388 e. The molecule has 0 aliphatic carbocycles. The van der Waals surface area contributed by atoms with E-state index in [0.717, 1.165) is 24.1 Å². The second kappa shape index (κ2) is 5.12. The van der Waals surface area contributed by atoms with E-state index in [1.807, 2.05) is 14.0 Å². The third-order valence-electron chi connectivity index (χ3n) is 2.46. The van der Waals surface area contributed by atoms with Gasteiger partial charge in [0.05, 0.1) is 12.3 Å². The summed E-state index contributed by atoms with van der Waals surface area (Å²) in [6.45, 7) is 2.65. The van der Waals surface area contributed by atoms with E-state index in [1.165, 1.54) is 0 Å². The molecule has 0 bridgehead atoms. The number of hydrogen-bond donors (Lipinski definition) is 1. The van der Waals surface area contributed by atoms with Crippen molar-refractivity contribution in [2.24, 2.45) is 7.05 Å². The van der Waals surface area contributed by atoms with Crippen molar-refractivity contribution < 1.29 is 9.84 Å². The number of rotatable bonds is 5. The van der Waals surface area contributed by atoms with Crippen LogP contribution in [0.5, 0.6) is 0 Å². The van der Waals surface area contributed by atoms with Crippen molar-refractivity contribution in [1.29, 1.82) is 0 Å². The van der Waals surface area contributed by atoms with Crippen molar-refractivity contribution >= 4 is 0 Å². The second-order valence-electron chi connectivity index (χ2n) is 3.46. The number of nitrogens with zero attached hydrogens (tertiary/aromatic N) is 2. The third-order valence-corrected chi connectivity index (χ3v) is 2.46. The smallest absolute Gasteiger partial charge is 0.0824 e. The Morgan fingerprint density at radius 2 is 2.36 bits per heavy atom. The van der Waals surface area contributed by atoms with Crippen LogP contribution >= 0.6 is 0 Å². The fourth-order valence-corrected chi connectivity index (χ4v) is 1.42. The average Bonchev–Trinajstić information content (AvgIpc) is 2.48. The van der Waals surface area contributed by atoms with Crippen molar-refractivity contribution in [3.63, 3.8) is 0 Å². The zero-order chi connectivity index (χ0) is 10.6. The normalized spacial score (nSPS) is 13.1. The summed E-state index contributed by atoms with van der Waals surface area (Å²) < 4.78 is 6.70. The Kier molecular flexibility index (Phi) is 4.10. The third kappa shape index (κ3) is 2.56. The molecule has 1 unspecified atom stereocenters. The Bertz CT molecular complexity index is 284. The standard InChI is InChI=1S/C10H18N2O2/c1-8-9(7-11-12(8)2)10(13)5-4-6-14-3/h7,10,13H,4-6H2,1-3H3. The average molecular weight is 198 g/mol. The van der Waals surface area contributed by atoms with Crippen molar-refractivity contribution in [3.05, 3.63) is 17.5 Å². The van der Waals surface area contributed by atoms with Gasteiger partial charge in [-0.1, -0.05) is 0 Å².